The molecule has 0 bridgehead atoms. The van der Waals surface area contributed by atoms with Crippen molar-refractivity contribution in [2.24, 2.45) is 0 Å². The zero-order valence-electron chi connectivity index (χ0n) is 14.6. The number of carbonyl (C=O) groups excluding carboxylic acids is 3. The summed E-state index contributed by atoms with van der Waals surface area (Å²) in [5.74, 6) is -3.80. The Kier molecular flexibility index (Phi) is 7.31. The summed E-state index contributed by atoms with van der Waals surface area (Å²) in [6, 6.07) is 0. The molecule has 10 nitrogen and oxygen atoms in total. The number of carboxylic acid groups (broad SMARTS) is 1. The molecule has 1 heterocycles. The molecule has 0 saturated carbocycles. The lowest BCUT2D eigenvalue weighted by Gasteiger charge is -2.43. The maximum atomic E-state index is 11.5. The normalized spacial score (nSPS) is 29.0. The van der Waals surface area contributed by atoms with Gasteiger partial charge in [-0.1, -0.05) is 0 Å². The molecule has 0 aliphatic carbocycles. The van der Waals surface area contributed by atoms with Crippen LogP contribution in [0.15, 0.2) is 0 Å². The second-order valence-electron chi connectivity index (χ2n) is 5.67. The van der Waals surface area contributed by atoms with Gasteiger partial charge < -0.3 is 28.8 Å². The molecule has 0 spiro atoms. The van der Waals surface area contributed by atoms with E-state index in [2.05, 4.69) is 0 Å². The van der Waals surface area contributed by atoms with Crippen LogP contribution >= 0.6 is 0 Å². The van der Waals surface area contributed by atoms with Crippen molar-refractivity contribution in [1.82, 2.24) is 0 Å². The van der Waals surface area contributed by atoms with E-state index < -0.39 is 60.7 Å². The smallest absolute Gasteiger partial charge is 0.337 e. The first-order valence-electron chi connectivity index (χ1n) is 7.58. The van der Waals surface area contributed by atoms with Gasteiger partial charge in [0.05, 0.1) is 6.10 Å². The van der Waals surface area contributed by atoms with Crippen molar-refractivity contribution in [3.8, 4) is 0 Å². The zero-order chi connectivity index (χ0) is 19.3. The molecule has 0 amide bonds. The number of hydrogen-bond acceptors (Lipinski definition) is 9. The van der Waals surface area contributed by atoms with Crippen LogP contribution in [0.3, 0.4) is 0 Å². The fourth-order valence-corrected chi connectivity index (χ4v) is 2.35. The van der Waals surface area contributed by atoms with Gasteiger partial charge in [-0.3, -0.25) is 14.4 Å². The molecule has 142 valence electrons. The largest absolute Gasteiger partial charge is 0.479 e. The lowest BCUT2D eigenvalue weighted by molar-refractivity contribution is -0.307. The van der Waals surface area contributed by atoms with Gasteiger partial charge in [0.25, 0.3) is 0 Å². The summed E-state index contributed by atoms with van der Waals surface area (Å²) >= 11 is 0. The highest BCUT2D eigenvalue weighted by Gasteiger charge is 2.55. The molecule has 5 atom stereocenters. The van der Waals surface area contributed by atoms with Gasteiger partial charge in [0, 0.05) is 20.8 Å². The van der Waals surface area contributed by atoms with Crippen LogP contribution in [0.5, 0.6) is 0 Å². The van der Waals surface area contributed by atoms with Crippen LogP contribution in [0.4, 0.5) is 0 Å². The third-order valence-corrected chi connectivity index (χ3v) is 3.05. The van der Waals surface area contributed by atoms with E-state index in [0.29, 0.717) is 0 Å². The van der Waals surface area contributed by atoms with E-state index in [1.807, 2.05) is 0 Å². The summed E-state index contributed by atoms with van der Waals surface area (Å²) in [5, 5.41) is 9.37. The van der Waals surface area contributed by atoms with Crippen molar-refractivity contribution < 1.29 is 48.0 Å². The fourth-order valence-electron chi connectivity index (χ4n) is 2.35. The molecule has 25 heavy (non-hydrogen) atoms. The van der Waals surface area contributed by atoms with Gasteiger partial charge >= 0.3 is 23.9 Å². The van der Waals surface area contributed by atoms with E-state index >= 15 is 0 Å². The first-order chi connectivity index (χ1) is 11.5. The Balaban J connectivity index is 3.31. The standard InChI is InChI=1S/C15H22O10/c1-6(2)21-15-13(24-9(5)18)11(23-8(4)17)10(22-7(3)16)12(25-15)14(19)20/h6,10-13,15H,1-5H3,(H,19,20)/t10-,11-,12-,13+,15-/m0/s1. The number of carbonyl (C=O) groups is 4. The predicted molar refractivity (Wildman–Crippen MR) is 79.2 cm³/mol. The first kappa shape index (κ1) is 20.8. The van der Waals surface area contributed by atoms with Gasteiger partial charge in [0.1, 0.15) is 0 Å². The number of carboxylic acids is 1. The lowest BCUT2D eigenvalue weighted by Crippen LogP contribution is -2.64. The van der Waals surface area contributed by atoms with Crippen molar-refractivity contribution in [2.75, 3.05) is 0 Å². The van der Waals surface area contributed by atoms with Crippen LogP contribution in [0.2, 0.25) is 0 Å². The Labute approximate surface area is 144 Å². The molecule has 0 unspecified atom stereocenters. The summed E-state index contributed by atoms with van der Waals surface area (Å²) in [4.78, 5) is 45.7. The number of rotatable bonds is 6. The topological polar surface area (TPSA) is 135 Å². The number of aliphatic carboxylic acids is 1. The molecule has 1 saturated heterocycles. The Morgan fingerprint density at radius 1 is 0.840 bits per heavy atom. The van der Waals surface area contributed by atoms with E-state index in [-0.39, 0.29) is 0 Å². The summed E-state index contributed by atoms with van der Waals surface area (Å²) in [5.41, 5.74) is 0. The predicted octanol–water partition coefficient (Wildman–Crippen LogP) is 0.0160. The average Bonchev–Trinajstić information content (AvgIpc) is 2.42. The van der Waals surface area contributed by atoms with Crippen LogP contribution in [0.25, 0.3) is 0 Å². The van der Waals surface area contributed by atoms with Crippen LogP contribution in [0.1, 0.15) is 34.6 Å². The Hall–Kier alpha value is -2.20. The Morgan fingerprint density at radius 2 is 1.28 bits per heavy atom. The molecule has 10 heteroatoms. The molecule has 0 radical (unpaired) electrons. The van der Waals surface area contributed by atoms with Gasteiger partial charge in [-0.05, 0) is 13.8 Å². The molecule has 1 N–H and O–H groups in total. The third-order valence-electron chi connectivity index (χ3n) is 3.05. The summed E-state index contributed by atoms with van der Waals surface area (Å²) < 4.78 is 26.0. The van der Waals surface area contributed by atoms with Crippen LogP contribution < -0.4 is 0 Å². The Morgan fingerprint density at radius 3 is 1.68 bits per heavy atom. The minimum absolute atomic E-state index is 0.416. The van der Waals surface area contributed by atoms with E-state index in [4.69, 9.17) is 23.7 Å². The van der Waals surface area contributed by atoms with Crippen molar-refractivity contribution >= 4 is 23.9 Å². The Bertz CT molecular complexity index is 528. The molecular weight excluding hydrogens is 340 g/mol. The van der Waals surface area contributed by atoms with Gasteiger partial charge in [0.2, 0.25) is 0 Å². The summed E-state index contributed by atoms with van der Waals surface area (Å²) in [7, 11) is 0. The third kappa shape index (κ3) is 5.98. The monoisotopic (exact) mass is 362 g/mol. The van der Waals surface area contributed by atoms with Gasteiger partial charge in [0.15, 0.2) is 30.7 Å². The first-order valence-corrected chi connectivity index (χ1v) is 7.58. The van der Waals surface area contributed by atoms with Gasteiger partial charge in [-0.2, -0.15) is 0 Å². The highest BCUT2D eigenvalue weighted by molar-refractivity contribution is 5.75. The maximum absolute atomic E-state index is 11.5. The second kappa shape index (κ2) is 8.77. The van der Waals surface area contributed by atoms with E-state index in [9.17, 15) is 24.3 Å². The molecule has 0 aromatic rings. The number of ether oxygens (including phenoxy) is 5. The highest BCUT2D eigenvalue weighted by Crippen LogP contribution is 2.30. The second-order valence-corrected chi connectivity index (χ2v) is 5.67. The average molecular weight is 362 g/mol. The summed E-state index contributed by atoms with van der Waals surface area (Å²) in [6.07, 6.45) is -7.67. The lowest BCUT2D eigenvalue weighted by atomic mass is 9.97. The number of hydrogen-bond donors (Lipinski definition) is 1. The molecule has 1 rings (SSSR count). The summed E-state index contributed by atoms with van der Waals surface area (Å²) in [6.45, 7) is 6.56. The molecule has 0 aromatic heterocycles. The van der Waals surface area contributed by atoms with Crippen LogP contribution in [-0.2, 0) is 42.9 Å². The molecular formula is C15H22O10. The van der Waals surface area contributed by atoms with Crippen molar-refractivity contribution in [3.63, 3.8) is 0 Å². The van der Waals surface area contributed by atoms with Crippen molar-refractivity contribution in [1.29, 1.82) is 0 Å². The van der Waals surface area contributed by atoms with Gasteiger partial charge in [-0.15, -0.1) is 0 Å². The molecule has 0 aromatic carbocycles. The number of esters is 3. The molecule has 1 fully saturated rings. The quantitative estimate of drug-likeness (QED) is 0.508. The maximum Gasteiger partial charge on any atom is 0.337 e. The zero-order valence-corrected chi connectivity index (χ0v) is 14.6. The van der Waals surface area contributed by atoms with Crippen molar-refractivity contribution in [2.45, 2.75) is 71.4 Å². The molecule has 1 aliphatic heterocycles. The van der Waals surface area contributed by atoms with E-state index in [1.165, 1.54) is 0 Å². The van der Waals surface area contributed by atoms with Crippen LogP contribution in [0, 0.1) is 0 Å². The van der Waals surface area contributed by atoms with Crippen LogP contribution in [-0.4, -0.2) is 65.8 Å². The SMILES string of the molecule is CC(=O)O[C@@H]1[C@@H](OC(C)=O)[C@@H](OC(C)C)O[C@H](C(=O)O)[C@H]1OC(C)=O. The highest BCUT2D eigenvalue weighted by atomic mass is 16.7. The molecule has 1 aliphatic rings. The van der Waals surface area contributed by atoms with Gasteiger partial charge in [-0.25, -0.2) is 4.79 Å². The van der Waals surface area contributed by atoms with E-state index in [0.717, 1.165) is 20.8 Å². The fraction of sp³-hybridized carbons (Fsp3) is 0.733. The van der Waals surface area contributed by atoms with E-state index in [1.54, 1.807) is 13.8 Å². The minimum Gasteiger partial charge on any atom is -0.479 e. The minimum atomic E-state index is -1.68. The van der Waals surface area contributed by atoms with Crippen molar-refractivity contribution in [3.05, 3.63) is 0 Å².